The SMILES string of the molecule is CCOC(=O)c1c[nH]c2ncnc(-c3cccc(NC(=O)CCC(C)=O)c3)c12. The van der Waals surface area contributed by atoms with Crippen molar-refractivity contribution in [2.75, 3.05) is 11.9 Å². The van der Waals surface area contributed by atoms with E-state index in [0.717, 1.165) is 0 Å². The molecule has 0 aliphatic heterocycles. The second kappa shape index (κ2) is 8.43. The van der Waals surface area contributed by atoms with Crippen LogP contribution in [0.1, 0.15) is 37.0 Å². The number of hydrogen-bond donors (Lipinski definition) is 2. The highest BCUT2D eigenvalue weighted by molar-refractivity contribution is 6.08. The van der Waals surface area contributed by atoms with Gasteiger partial charge in [0, 0.05) is 30.3 Å². The lowest BCUT2D eigenvalue weighted by molar-refractivity contribution is -0.121. The number of anilines is 1. The van der Waals surface area contributed by atoms with Gasteiger partial charge in [0.25, 0.3) is 0 Å². The fraction of sp³-hybridized carbons (Fsp3) is 0.250. The second-order valence-electron chi connectivity index (χ2n) is 6.20. The molecule has 3 aromatic rings. The number of aromatic amines is 1. The third-order valence-electron chi connectivity index (χ3n) is 4.09. The molecule has 0 fully saturated rings. The summed E-state index contributed by atoms with van der Waals surface area (Å²) in [4.78, 5) is 46.8. The minimum atomic E-state index is -0.460. The summed E-state index contributed by atoms with van der Waals surface area (Å²) in [5.74, 6) is -0.737. The van der Waals surface area contributed by atoms with Crippen molar-refractivity contribution in [3.63, 3.8) is 0 Å². The highest BCUT2D eigenvalue weighted by Gasteiger charge is 2.19. The van der Waals surface area contributed by atoms with Gasteiger partial charge in [-0.05, 0) is 26.0 Å². The largest absolute Gasteiger partial charge is 0.462 e. The maximum Gasteiger partial charge on any atom is 0.340 e. The van der Waals surface area contributed by atoms with Crippen LogP contribution in [-0.4, -0.2) is 39.2 Å². The molecule has 0 radical (unpaired) electrons. The highest BCUT2D eigenvalue weighted by Crippen LogP contribution is 2.30. The molecule has 1 aromatic carbocycles. The summed E-state index contributed by atoms with van der Waals surface area (Å²) in [7, 11) is 0. The van der Waals surface area contributed by atoms with E-state index in [1.165, 1.54) is 13.3 Å². The first-order valence-electron chi connectivity index (χ1n) is 8.88. The van der Waals surface area contributed by atoms with Crippen LogP contribution in [0.3, 0.4) is 0 Å². The van der Waals surface area contributed by atoms with Crippen LogP contribution in [0.25, 0.3) is 22.3 Å². The van der Waals surface area contributed by atoms with Crippen LogP contribution < -0.4 is 5.32 Å². The lowest BCUT2D eigenvalue weighted by Gasteiger charge is -2.08. The van der Waals surface area contributed by atoms with Crippen molar-refractivity contribution in [1.29, 1.82) is 0 Å². The fourth-order valence-electron chi connectivity index (χ4n) is 2.81. The zero-order valence-corrected chi connectivity index (χ0v) is 15.6. The topological polar surface area (TPSA) is 114 Å². The summed E-state index contributed by atoms with van der Waals surface area (Å²) in [6.07, 6.45) is 3.28. The predicted molar refractivity (Wildman–Crippen MR) is 104 cm³/mol. The van der Waals surface area contributed by atoms with Crippen LogP contribution in [-0.2, 0) is 14.3 Å². The van der Waals surface area contributed by atoms with E-state index in [9.17, 15) is 14.4 Å². The first-order valence-corrected chi connectivity index (χ1v) is 8.88. The van der Waals surface area contributed by atoms with E-state index in [1.54, 1.807) is 31.3 Å². The number of rotatable bonds is 7. The third-order valence-corrected chi connectivity index (χ3v) is 4.09. The fourth-order valence-corrected chi connectivity index (χ4v) is 2.81. The van der Waals surface area contributed by atoms with Crippen molar-refractivity contribution in [2.45, 2.75) is 26.7 Å². The zero-order chi connectivity index (χ0) is 20.1. The first-order chi connectivity index (χ1) is 13.5. The van der Waals surface area contributed by atoms with E-state index < -0.39 is 5.97 Å². The standard InChI is InChI=1S/C20H20N4O4/c1-3-28-20(27)15-10-21-19-17(15)18(22-11-23-19)13-5-4-6-14(9-13)24-16(26)8-7-12(2)25/h4-6,9-11H,3,7-8H2,1-2H3,(H,24,26)(H,21,22,23). The van der Waals surface area contributed by atoms with Crippen molar-refractivity contribution in [2.24, 2.45) is 0 Å². The van der Waals surface area contributed by atoms with Crippen molar-refractivity contribution in [3.05, 3.63) is 42.4 Å². The normalized spacial score (nSPS) is 10.6. The molecule has 0 unspecified atom stereocenters. The average molecular weight is 380 g/mol. The number of nitrogens with one attached hydrogen (secondary N) is 2. The molecule has 8 heteroatoms. The van der Waals surface area contributed by atoms with Crippen LogP contribution in [0, 0.1) is 0 Å². The number of esters is 1. The van der Waals surface area contributed by atoms with Gasteiger partial charge in [-0.2, -0.15) is 0 Å². The number of ether oxygens (including phenoxy) is 1. The third kappa shape index (κ3) is 4.22. The van der Waals surface area contributed by atoms with E-state index >= 15 is 0 Å². The van der Waals surface area contributed by atoms with Crippen LogP contribution >= 0.6 is 0 Å². The quantitative estimate of drug-likeness (QED) is 0.609. The Morgan fingerprint density at radius 2 is 2.00 bits per heavy atom. The molecule has 0 spiro atoms. The summed E-state index contributed by atoms with van der Waals surface area (Å²) in [6.45, 7) is 3.45. The van der Waals surface area contributed by atoms with Crippen LogP contribution in [0.15, 0.2) is 36.8 Å². The minimum Gasteiger partial charge on any atom is -0.462 e. The monoisotopic (exact) mass is 380 g/mol. The number of Topliss-reactive ketones (excluding diaryl/α,β-unsaturated/α-hetero) is 1. The average Bonchev–Trinajstić information content (AvgIpc) is 3.11. The number of nitrogens with zero attached hydrogens (tertiary/aromatic N) is 2. The molecule has 2 heterocycles. The molecule has 0 saturated heterocycles. The van der Waals surface area contributed by atoms with Gasteiger partial charge in [-0.15, -0.1) is 0 Å². The number of H-pyrrole nitrogens is 1. The lowest BCUT2D eigenvalue weighted by atomic mass is 10.1. The van der Waals surface area contributed by atoms with Crippen molar-refractivity contribution in [3.8, 4) is 11.3 Å². The molecular weight excluding hydrogens is 360 g/mol. The summed E-state index contributed by atoms with van der Waals surface area (Å²) in [5.41, 5.74) is 2.70. The van der Waals surface area contributed by atoms with Gasteiger partial charge in [-0.1, -0.05) is 12.1 Å². The van der Waals surface area contributed by atoms with Gasteiger partial charge in [-0.3, -0.25) is 4.79 Å². The molecule has 0 aliphatic carbocycles. The number of benzene rings is 1. The second-order valence-corrected chi connectivity index (χ2v) is 6.20. The molecule has 144 valence electrons. The Morgan fingerprint density at radius 1 is 1.18 bits per heavy atom. The summed E-state index contributed by atoms with van der Waals surface area (Å²) in [5, 5.41) is 3.33. The van der Waals surface area contributed by atoms with Crippen molar-refractivity contribution < 1.29 is 19.1 Å². The van der Waals surface area contributed by atoms with Gasteiger partial charge in [0.1, 0.15) is 17.8 Å². The number of aromatic nitrogens is 3. The van der Waals surface area contributed by atoms with Gasteiger partial charge >= 0.3 is 5.97 Å². The van der Waals surface area contributed by atoms with Gasteiger partial charge < -0.3 is 19.8 Å². The van der Waals surface area contributed by atoms with E-state index in [4.69, 9.17) is 4.74 Å². The molecule has 2 N–H and O–H groups in total. The number of ketones is 1. The smallest absolute Gasteiger partial charge is 0.340 e. The number of amides is 1. The highest BCUT2D eigenvalue weighted by atomic mass is 16.5. The van der Waals surface area contributed by atoms with E-state index in [-0.39, 0.29) is 31.1 Å². The molecule has 1 amide bonds. The molecule has 8 nitrogen and oxygen atoms in total. The zero-order valence-electron chi connectivity index (χ0n) is 15.6. The Balaban J connectivity index is 1.94. The van der Waals surface area contributed by atoms with Gasteiger partial charge in [-0.25, -0.2) is 14.8 Å². The Kier molecular flexibility index (Phi) is 5.78. The molecule has 0 atom stereocenters. The van der Waals surface area contributed by atoms with E-state index in [2.05, 4.69) is 20.3 Å². The molecule has 0 saturated carbocycles. The summed E-state index contributed by atoms with van der Waals surface area (Å²) in [6, 6.07) is 7.11. The number of hydrogen-bond acceptors (Lipinski definition) is 6. The maximum absolute atomic E-state index is 12.3. The van der Waals surface area contributed by atoms with Gasteiger partial charge in [0.05, 0.1) is 23.3 Å². The van der Waals surface area contributed by atoms with Crippen molar-refractivity contribution in [1.82, 2.24) is 15.0 Å². The number of carbonyl (C=O) groups excluding carboxylic acids is 3. The Morgan fingerprint density at radius 3 is 2.75 bits per heavy atom. The number of carbonyl (C=O) groups is 3. The molecule has 28 heavy (non-hydrogen) atoms. The van der Waals surface area contributed by atoms with E-state index in [0.29, 0.717) is 33.5 Å². The molecule has 0 bridgehead atoms. The van der Waals surface area contributed by atoms with E-state index in [1.807, 2.05) is 6.07 Å². The number of fused-ring (bicyclic) bond motifs is 1. The molecule has 2 aromatic heterocycles. The van der Waals surface area contributed by atoms with Crippen LogP contribution in [0.2, 0.25) is 0 Å². The molecule has 0 aliphatic rings. The predicted octanol–water partition coefficient (Wildman–Crippen LogP) is 3.11. The van der Waals surface area contributed by atoms with Gasteiger partial charge in [0.2, 0.25) is 5.91 Å². The van der Waals surface area contributed by atoms with Gasteiger partial charge in [0.15, 0.2) is 0 Å². The van der Waals surface area contributed by atoms with Crippen molar-refractivity contribution >= 4 is 34.4 Å². The Hall–Kier alpha value is -3.55. The maximum atomic E-state index is 12.3. The summed E-state index contributed by atoms with van der Waals surface area (Å²) >= 11 is 0. The first kappa shape index (κ1) is 19.2. The Labute approximate surface area is 161 Å². The molecule has 3 rings (SSSR count). The lowest BCUT2D eigenvalue weighted by Crippen LogP contribution is -2.12. The van der Waals surface area contributed by atoms with Crippen LogP contribution in [0.4, 0.5) is 5.69 Å². The van der Waals surface area contributed by atoms with Crippen LogP contribution in [0.5, 0.6) is 0 Å². The minimum absolute atomic E-state index is 0.0359. The summed E-state index contributed by atoms with van der Waals surface area (Å²) < 4.78 is 5.11. The Bertz CT molecular complexity index is 1040. The molecular formula is C20H20N4O4.